The first-order chi connectivity index (χ1) is 16.0. The van der Waals surface area contributed by atoms with Crippen LogP contribution in [0.2, 0.25) is 0 Å². The Kier molecular flexibility index (Phi) is 5.31. The molecule has 1 atom stereocenters. The number of fused-ring (bicyclic) bond motifs is 2. The number of carbonyl (C=O) groups is 2. The fourth-order valence-corrected chi connectivity index (χ4v) is 4.61. The second-order valence-electron chi connectivity index (χ2n) is 8.60. The number of carbonyl (C=O) groups excluding carboxylic acids is 2. The molecule has 4 nitrogen and oxygen atoms in total. The second-order valence-corrected chi connectivity index (χ2v) is 8.60. The van der Waals surface area contributed by atoms with Crippen LogP contribution in [0.5, 0.6) is 0 Å². The number of amides is 1. The third-order valence-electron chi connectivity index (χ3n) is 6.49. The van der Waals surface area contributed by atoms with Crippen molar-refractivity contribution in [1.82, 2.24) is 0 Å². The Morgan fingerprint density at radius 3 is 2.27 bits per heavy atom. The molecule has 5 rings (SSSR count). The van der Waals surface area contributed by atoms with Crippen molar-refractivity contribution in [2.75, 3.05) is 4.90 Å². The van der Waals surface area contributed by atoms with Crippen LogP contribution in [0.25, 0.3) is 10.8 Å². The first-order valence-corrected chi connectivity index (χ1v) is 11.2. The van der Waals surface area contributed by atoms with E-state index in [0.29, 0.717) is 23.4 Å². The summed E-state index contributed by atoms with van der Waals surface area (Å²) in [5, 5.41) is 13.8. The quantitative estimate of drug-likeness (QED) is 0.412. The van der Waals surface area contributed by atoms with E-state index in [1.807, 2.05) is 60.7 Å². The van der Waals surface area contributed by atoms with E-state index < -0.39 is 11.5 Å². The molecule has 0 spiro atoms. The maximum atomic E-state index is 13.5. The number of ketones is 1. The highest BCUT2D eigenvalue weighted by Gasteiger charge is 2.50. The largest absolute Gasteiger partial charge is 0.375 e. The Bertz CT molecular complexity index is 1360. The summed E-state index contributed by atoms with van der Waals surface area (Å²) in [5.74, 6) is -0.716. The highest BCUT2D eigenvalue weighted by molar-refractivity contribution is 6.10. The average molecular weight is 436 g/mol. The summed E-state index contributed by atoms with van der Waals surface area (Å²) in [6.45, 7) is 2.38. The van der Waals surface area contributed by atoms with Crippen molar-refractivity contribution in [2.45, 2.75) is 31.9 Å². The van der Waals surface area contributed by atoms with Gasteiger partial charge in [-0.25, -0.2) is 0 Å². The normalized spacial score (nSPS) is 17.4. The maximum absolute atomic E-state index is 13.5. The van der Waals surface area contributed by atoms with E-state index in [1.165, 1.54) is 0 Å². The van der Waals surface area contributed by atoms with Crippen molar-refractivity contribution in [3.05, 3.63) is 113 Å². The topological polar surface area (TPSA) is 57.6 Å². The van der Waals surface area contributed by atoms with Crippen LogP contribution in [-0.4, -0.2) is 16.8 Å². The van der Waals surface area contributed by atoms with Crippen LogP contribution in [0.15, 0.2) is 91.0 Å². The van der Waals surface area contributed by atoms with Crippen molar-refractivity contribution in [2.24, 2.45) is 0 Å². The molecule has 0 fully saturated rings. The zero-order valence-electron chi connectivity index (χ0n) is 18.5. The molecule has 1 aliphatic heterocycles. The predicted octanol–water partition coefficient (Wildman–Crippen LogP) is 5.41. The lowest BCUT2D eigenvalue weighted by molar-refractivity contribution is -0.136. The SMILES string of the molecule is CCc1ccc(C(=O)CC2(O)C(=O)N(Cc3ccc4ccccc4c3)c3ccccc32)cc1. The minimum atomic E-state index is -1.88. The molecule has 1 unspecified atom stereocenters. The number of aryl methyl sites for hydroxylation is 1. The van der Waals surface area contributed by atoms with E-state index in [4.69, 9.17) is 0 Å². The summed E-state index contributed by atoms with van der Waals surface area (Å²) in [6, 6.07) is 28.7. The fourth-order valence-electron chi connectivity index (χ4n) is 4.61. The first-order valence-electron chi connectivity index (χ1n) is 11.2. The fraction of sp³-hybridized carbons (Fsp3) is 0.172. The number of hydrogen-bond donors (Lipinski definition) is 1. The number of anilines is 1. The Labute approximate surface area is 193 Å². The average Bonchev–Trinajstić information content (AvgIpc) is 3.06. The van der Waals surface area contributed by atoms with Gasteiger partial charge >= 0.3 is 0 Å². The van der Waals surface area contributed by atoms with Crippen LogP contribution in [0.4, 0.5) is 5.69 Å². The zero-order valence-corrected chi connectivity index (χ0v) is 18.5. The van der Waals surface area contributed by atoms with Crippen LogP contribution >= 0.6 is 0 Å². The minimum Gasteiger partial charge on any atom is -0.375 e. The van der Waals surface area contributed by atoms with Gasteiger partial charge in [-0.2, -0.15) is 0 Å². The van der Waals surface area contributed by atoms with Gasteiger partial charge in [-0.3, -0.25) is 9.59 Å². The molecule has 4 heteroatoms. The number of para-hydroxylation sites is 1. The molecule has 0 saturated carbocycles. The van der Waals surface area contributed by atoms with Crippen molar-refractivity contribution >= 4 is 28.2 Å². The van der Waals surface area contributed by atoms with Crippen LogP contribution in [0.3, 0.4) is 0 Å². The Hall–Kier alpha value is -3.76. The zero-order chi connectivity index (χ0) is 23.0. The molecule has 4 aromatic carbocycles. The predicted molar refractivity (Wildman–Crippen MR) is 130 cm³/mol. The lowest BCUT2D eigenvalue weighted by Crippen LogP contribution is -2.41. The molecule has 4 aromatic rings. The molecule has 164 valence electrons. The van der Waals surface area contributed by atoms with Crippen molar-refractivity contribution in [1.29, 1.82) is 0 Å². The standard InChI is InChI=1S/C29H25NO3/c1-2-20-11-15-23(16-12-20)27(31)18-29(33)25-9-5-6-10-26(25)30(28(29)32)19-21-13-14-22-7-3-4-8-24(22)17-21/h3-17,33H,2,18-19H2,1H3. The molecule has 1 heterocycles. The highest BCUT2D eigenvalue weighted by Crippen LogP contribution is 2.43. The molecule has 33 heavy (non-hydrogen) atoms. The van der Waals surface area contributed by atoms with E-state index in [2.05, 4.69) is 13.0 Å². The van der Waals surface area contributed by atoms with Crippen molar-refractivity contribution in [3.63, 3.8) is 0 Å². The monoisotopic (exact) mass is 435 g/mol. The minimum absolute atomic E-state index is 0.254. The first kappa shape index (κ1) is 21.1. The van der Waals surface area contributed by atoms with Gasteiger partial charge in [-0.05, 0) is 40.5 Å². The molecule has 0 aromatic heterocycles. The number of benzene rings is 4. The summed E-state index contributed by atoms with van der Waals surface area (Å²) in [6.07, 6.45) is 0.594. The number of Topliss-reactive ketones (excluding diaryl/α,β-unsaturated/α-hetero) is 1. The van der Waals surface area contributed by atoms with Gasteiger partial charge in [0, 0.05) is 11.1 Å². The Morgan fingerprint density at radius 2 is 1.52 bits per heavy atom. The van der Waals surface area contributed by atoms with E-state index in [0.717, 1.165) is 28.3 Å². The van der Waals surface area contributed by atoms with Gasteiger partial charge in [0.2, 0.25) is 0 Å². The van der Waals surface area contributed by atoms with Gasteiger partial charge in [-0.15, -0.1) is 0 Å². The van der Waals surface area contributed by atoms with Gasteiger partial charge in [0.05, 0.1) is 18.7 Å². The lowest BCUT2D eigenvalue weighted by atomic mass is 9.88. The van der Waals surface area contributed by atoms with E-state index in [-0.39, 0.29) is 12.2 Å². The van der Waals surface area contributed by atoms with Crippen LogP contribution in [0.1, 0.15) is 40.4 Å². The summed E-state index contributed by atoms with van der Waals surface area (Å²) >= 11 is 0. The third-order valence-corrected chi connectivity index (χ3v) is 6.49. The van der Waals surface area contributed by atoms with Crippen LogP contribution in [0, 0.1) is 0 Å². The molecule has 0 bridgehead atoms. The van der Waals surface area contributed by atoms with Gasteiger partial charge in [0.15, 0.2) is 11.4 Å². The molecule has 1 amide bonds. The molecule has 0 aliphatic carbocycles. The van der Waals surface area contributed by atoms with Gasteiger partial charge in [0.25, 0.3) is 5.91 Å². The molecule has 0 radical (unpaired) electrons. The summed E-state index contributed by atoms with van der Waals surface area (Å²) in [5.41, 5.74) is 1.84. The number of nitrogens with zero attached hydrogens (tertiary/aromatic N) is 1. The maximum Gasteiger partial charge on any atom is 0.264 e. The van der Waals surface area contributed by atoms with Crippen LogP contribution in [-0.2, 0) is 23.4 Å². The van der Waals surface area contributed by atoms with Crippen molar-refractivity contribution < 1.29 is 14.7 Å². The molecular weight excluding hydrogens is 410 g/mol. The van der Waals surface area contributed by atoms with Crippen LogP contribution < -0.4 is 4.90 Å². The second kappa shape index (κ2) is 8.30. The summed E-state index contributed by atoms with van der Waals surface area (Å²) < 4.78 is 0. The number of rotatable bonds is 6. The Morgan fingerprint density at radius 1 is 0.848 bits per heavy atom. The summed E-state index contributed by atoms with van der Waals surface area (Å²) in [7, 11) is 0. The van der Waals surface area contributed by atoms with Gasteiger partial charge in [-0.1, -0.05) is 85.8 Å². The lowest BCUT2D eigenvalue weighted by Gasteiger charge is -2.23. The van der Waals surface area contributed by atoms with Crippen molar-refractivity contribution in [3.8, 4) is 0 Å². The molecule has 1 aliphatic rings. The molecule has 1 N–H and O–H groups in total. The summed E-state index contributed by atoms with van der Waals surface area (Å²) in [4.78, 5) is 28.2. The molecular formula is C29H25NO3. The van der Waals surface area contributed by atoms with E-state index in [1.54, 1.807) is 29.2 Å². The smallest absolute Gasteiger partial charge is 0.264 e. The number of aliphatic hydroxyl groups is 1. The van der Waals surface area contributed by atoms with Gasteiger partial charge < -0.3 is 10.0 Å². The Balaban J connectivity index is 1.46. The number of hydrogen-bond acceptors (Lipinski definition) is 3. The van der Waals surface area contributed by atoms with Gasteiger partial charge in [0.1, 0.15) is 0 Å². The third kappa shape index (κ3) is 3.73. The van der Waals surface area contributed by atoms with E-state index >= 15 is 0 Å². The van der Waals surface area contributed by atoms with E-state index in [9.17, 15) is 14.7 Å². The highest BCUT2D eigenvalue weighted by atomic mass is 16.3. The molecule has 0 saturated heterocycles.